The molecule has 1 aliphatic rings. The Bertz CT molecular complexity index is 967. The summed E-state index contributed by atoms with van der Waals surface area (Å²) in [4.78, 5) is 0. The van der Waals surface area contributed by atoms with Crippen molar-refractivity contribution in [2.24, 2.45) is 0 Å². The van der Waals surface area contributed by atoms with Crippen molar-refractivity contribution in [3.63, 3.8) is 0 Å². The molecule has 0 spiro atoms. The molecule has 0 saturated carbocycles. The molecule has 0 radical (unpaired) electrons. The molecule has 0 amide bonds. The van der Waals surface area contributed by atoms with Crippen molar-refractivity contribution in [1.82, 2.24) is 5.06 Å². The van der Waals surface area contributed by atoms with E-state index in [1.165, 1.54) is 5.06 Å². The standard InChI is InChI=1S/C28H31NO4/c1-2-25-27(32-19-23-14-8-4-9-15-23)28(33-20-24-16-10-5-11-17-24)26(29(25)30)21-31-18-22-12-6-3-7-13-22/h2-17,25-28,30H,1,18-21H2/t25-,26-,27-,28-/m1/s1. The van der Waals surface area contributed by atoms with Gasteiger partial charge < -0.3 is 19.4 Å². The van der Waals surface area contributed by atoms with Gasteiger partial charge in [-0.15, -0.1) is 6.58 Å². The van der Waals surface area contributed by atoms with Crippen LogP contribution < -0.4 is 0 Å². The molecule has 1 aliphatic heterocycles. The Morgan fingerprint density at radius 1 is 0.697 bits per heavy atom. The second-order valence-electron chi connectivity index (χ2n) is 8.20. The van der Waals surface area contributed by atoms with Gasteiger partial charge in [-0.05, 0) is 16.7 Å². The molecule has 1 fully saturated rings. The van der Waals surface area contributed by atoms with Gasteiger partial charge in [0.1, 0.15) is 12.2 Å². The normalized spacial score (nSPS) is 22.9. The second-order valence-corrected chi connectivity index (χ2v) is 8.20. The van der Waals surface area contributed by atoms with Crippen LogP contribution in [0.5, 0.6) is 0 Å². The maximum atomic E-state index is 11.0. The largest absolute Gasteiger partial charge is 0.375 e. The summed E-state index contributed by atoms with van der Waals surface area (Å²) in [6.07, 6.45) is 0.936. The van der Waals surface area contributed by atoms with E-state index in [1.807, 2.05) is 91.0 Å². The number of benzene rings is 3. The molecular formula is C28H31NO4. The number of hydroxylamine groups is 2. The smallest absolute Gasteiger partial charge is 0.107 e. The maximum absolute atomic E-state index is 11.0. The summed E-state index contributed by atoms with van der Waals surface area (Å²) in [5, 5.41) is 12.3. The van der Waals surface area contributed by atoms with E-state index in [2.05, 4.69) is 6.58 Å². The van der Waals surface area contributed by atoms with Gasteiger partial charge in [0.2, 0.25) is 0 Å². The molecule has 1 saturated heterocycles. The molecule has 4 atom stereocenters. The summed E-state index contributed by atoms with van der Waals surface area (Å²) in [7, 11) is 0. The van der Waals surface area contributed by atoms with Crippen molar-refractivity contribution in [3.05, 3.63) is 120 Å². The van der Waals surface area contributed by atoms with Gasteiger partial charge in [-0.25, -0.2) is 0 Å². The number of ether oxygens (including phenoxy) is 3. The van der Waals surface area contributed by atoms with E-state index in [1.54, 1.807) is 6.08 Å². The third-order valence-corrected chi connectivity index (χ3v) is 5.90. The van der Waals surface area contributed by atoms with E-state index in [0.29, 0.717) is 26.4 Å². The first kappa shape index (κ1) is 23.4. The van der Waals surface area contributed by atoms with Crippen LogP contribution in [0.4, 0.5) is 0 Å². The van der Waals surface area contributed by atoms with Crippen molar-refractivity contribution in [1.29, 1.82) is 0 Å². The van der Waals surface area contributed by atoms with Crippen LogP contribution in [-0.2, 0) is 34.0 Å². The van der Waals surface area contributed by atoms with Crippen LogP contribution >= 0.6 is 0 Å². The predicted octanol–water partition coefficient (Wildman–Crippen LogP) is 5.00. The molecule has 1 N–H and O–H groups in total. The quantitative estimate of drug-likeness (QED) is 0.421. The zero-order valence-corrected chi connectivity index (χ0v) is 18.7. The SMILES string of the molecule is C=C[C@@H]1[C@@H](OCc2ccccc2)[C@H](OCc2ccccc2)[C@@H](COCc2ccccc2)N1O. The second kappa shape index (κ2) is 11.9. The van der Waals surface area contributed by atoms with Crippen molar-refractivity contribution < 1.29 is 19.4 Å². The lowest BCUT2D eigenvalue weighted by atomic mass is 10.1. The van der Waals surface area contributed by atoms with Crippen LogP contribution in [0, 0.1) is 0 Å². The number of nitrogens with zero attached hydrogens (tertiary/aromatic N) is 1. The average Bonchev–Trinajstić information content (AvgIpc) is 3.13. The molecule has 3 aromatic rings. The Balaban J connectivity index is 1.47. The van der Waals surface area contributed by atoms with Crippen LogP contribution in [0.2, 0.25) is 0 Å². The van der Waals surface area contributed by atoms with Crippen LogP contribution in [0.1, 0.15) is 16.7 Å². The van der Waals surface area contributed by atoms with E-state index in [-0.39, 0.29) is 12.1 Å². The van der Waals surface area contributed by atoms with Gasteiger partial charge in [-0.3, -0.25) is 0 Å². The fourth-order valence-corrected chi connectivity index (χ4v) is 4.15. The van der Waals surface area contributed by atoms with Gasteiger partial charge >= 0.3 is 0 Å². The van der Waals surface area contributed by atoms with E-state index < -0.39 is 12.1 Å². The van der Waals surface area contributed by atoms with E-state index in [0.717, 1.165) is 16.7 Å². The van der Waals surface area contributed by atoms with Gasteiger partial charge in [0.25, 0.3) is 0 Å². The summed E-state index contributed by atoms with van der Waals surface area (Å²) >= 11 is 0. The van der Waals surface area contributed by atoms with E-state index in [4.69, 9.17) is 14.2 Å². The Morgan fingerprint density at radius 2 is 1.15 bits per heavy atom. The minimum Gasteiger partial charge on any atom is -0.375 e. The summed E-state index contributed by atoms with van der Waals surface area (Å²) in [6.45, 7) is 5.55. The number of hydrogen-bond acceptors (Lipinski definition) is 5. The van der Waals surface area contributed by atoms with Crippen molar-refractivity contribution in [3.8, 4) is 0 Å². The predicted molar refractivity (Wildman–Crippen MR) is 128 cm³/mol. The Labute approximate surface area is 195 Å². The highest BCUT2D eigenvalue weighted by atomic mass is 16.6. The molecule has 1 heterocycles. The fraction of sp³-hybridized carbons (Fsp3) is 0.286. The van der Waals surface area contributed by atoms with Gasteiger partial charge in [-0.1, -0.05) is 97.1 Å². The summed E-state index contributed by atoms with van der Waals surface area (Å²) in [6, 6.07) is 29.2. The lowest BCUT2D eigenvalue weighted by Gasteiger charge is -2.25. The number of hydrogen-bond donors (Lipinski definition) is 1. The average molecular weight is 446 g/mol. The highest BCUT2D eigenvalue weighted by Gasteiger charge is 2.49. The van der Waals surface area contributed by atoms with Crippen LogP contribution in [0.15, 0.2) is 104 Å². The van der Waals surface area contributed by atoms with E-state index >= 15 is 0 Å². The van der Waals surface area contributed by atoms with Crippen molar-refractivity contribution in [2.45, 2.75) is 44.1 Å². The first-order chi connectivity index (χ1) is 16.3. The molecule has 5 nitrogen and oxygen atoms in total. The molecule has 33 heavy (non-hydrogen) atoms. The van der Waals surface area contributed by atoms with Crippen molar-refractivity contribution in [2.75, 3.05) is 6.61 Å². The molecule has 0 aromatic heterocycles. The highest BCUT2D eigenvalue weighted by molar-refractivity contribution is 5.16. The van der Waals surface area contributed by atoms with Crippen molar-refractivity contribution >= 4 is 0 Å². The Morgan fingerprint density at radius 3 is 1.64 bits per heavy atom. The minimum absolute atomic E-state index is 0.306. The van der Waals surface area contributed by atoms with Gasteiger partial charge in [0, 0.05) is 0 Å². The fourth-order valence-electron chi connectivity index (χ4n) is 4.15. The maximum Gasteiger partial charge on any atom is 0.107 e. The summed E-state index contributed by atoms with van der Waals surface area (Å²) in [5.41, 5.74) is 3.21. The molecule has 4 rings (SSSR count). The molecule has 172 valence electrons. The van der Waals surface area contributed by atoms with Crippen LogP contribution in [-0.4, -0.2) is 41.2 Å². The summed E-state index contributed by atoms with van der Waals surface area (Å²) < 4.78 is 18.6. The monoisotopic (exact) mass is 445 g/mol. The van der Waals surface area contributed by atoms with Crippen LogP contribution in [0.3, 0.4) is 0 Å². The lowest BCUT2D eigenvalue weighted by molar-refractivity contribution is -0.156. The lowest BCUT2D eigenvalue weighted by Crippen LogP contribution is -2.40. The van der Waals surface area contributed by atoms with Gasteiger partial charge in [-0.2, -0.15) is 5.06 Å². The Hall–Kier alpha value is -2.80. The zero-order valence-electron chi connectivity index (χ0n) is 18.7. The van der Waals surface area contributed by atoms with Crippen LogP contribution in [0.25, 0.3) is 0 Å². The van der Waals surface area contributed by atoms with Gasteiger partial charge in [0.15, 0.2) is 0 Å². The molecule has 0 bridgehead atoms. The summed E-state index contributed by atoms with van der Waals surface area (Å²) in [5.74, 6) is 0. The minimum atomic E-state index is -0.403. The molecule has 5 heteroatoms. The third-order valence-electron chi connectivity index (χ3n) is 5.90. The van der Waals surface area contributed by atoms with E-state index in [9.17, 15) is 5.21 Å². The Kier molecular flexibility index (Phi) is 8.41. The third kappa shape index (κ3) is 6.16. The highest BCUT2D eigenvalue weighted by Crippen LogP contribution is 2.31. The molecule has 0 aliphatic carbocycles. The molecule has 0 unspecified atom stereocenters. The first-order valence-corrected chi connectivity index (χ1v) is 11.3. The molecule has 3 aromatic carbocycles. The molecular weight excluding hydrogens is 414 g/mol. The first-order valence-electron chi connectivity index (χ1n) is 11.3. The topological polar surface area (TPSA) is 51.2 Å². The zero-order chi connectivity index (χ0) is 22.9. The number of rotatable bonds is 11. The van der Waals surface area contributed by atoms with Gasteiger partial charge in [0.05, 0.1) is 38.5 Å².